The first-order chi connectivity index (χ1) is 18.6. The van der Waals surface area contributed by atoms with E-state index in [0.717, 1.165) is 0 Å². The molecule has 1 aliphatic carbocycles. The molecule has 1 amide bonds. The first-order valence-corrected chi connectivity index (χ1v) is 12.6. The van der Waals surface area contributed by atoms with Gasteiger partial charge in [0.25, 0.3) is 11.8 Å². The van der Waals surface area contributed by atoms with Crippen LogP contribution in [0.1, 0.15) is 40.6 Å². The molecule has 1 N–H and O–H groups in total. The minimum Gasteiger partial charge on any atom is -0.493 e. The highest BCUT2D eigenvalue weighted by molar-refractivity contribution is 7.89. The van der Waals surface area contributed by atoms with Gasteiger partial charge < -0.3 is 19.5 Å². The minimum atomic E-state index is -2.96. The van der Waals surface area contributed by atoms with Gasteiger partial charge in [0.15, 0.2) is 17.2 Å². The molecule has 1 saturated carbocycles. The summed E-state index contributed by atoms with van der Waals surface area (Å²) in [5, 5.41) is 7.41. The Kier molecular flexibility index (Phi) is 8.62. The predicted octanol–water partition coefficient (Wildman–Crippen LogP) is 6.06. The molecule has 1 aliphatic rings. The number of anilines is 1. The lowest BCUT2D eigenvalue weighted by Crippen LogP contribution is -2.56. The number of benzene rings is 2. The van der Waals surface area contributed by atoms with Gasteiger partial charge >= 0.3 is 5.97 Å². The number of aromatic nitrogens is 2. The molecule has 39 heavy (non-hydrogen) atoms. The van der Waals surface area contributed by atoms with Crippen molar-refractivity contribution >= 4 is 41.6 Å². The van der Waals surface area contributed by atoms with Gasteiger partial charge in [-0.15, -0.1) is 3.89 Å². The summed E-state index contributed by atoms with van der Waals surface area (Å²) in [5.41, 5.74) is -0.890. The van der Waals surface area contributed by atoms with Crippen molar-refractivity contribution in [1.82, 2.24) is 9.78 Å². The van der Waals surface area contributed by atoms with Gasteiger partial charge in [0.2, 0.25) is 12.4 Å². The third-order valence-electron chi connectivity index (χ3n) is 5.80. The molecular weight excluding hydrogens is 563 g/mol. The Hall–Kier alpha value is -3.42. The van der Waals surface area contributed by atoms with E-state index in [-0.39, 0.29) is 41.7 Å². The zero-order valence-corrected chi connectivity index (χ0v) is 22.3. The van der Waals surface area contributed by atoms with Gasteiger partial charge in [-0.2, -0.15) is 5.10 Å². The Morgan fingerprint density at radius 1 is 1.15 bits per heavy atom. The van der Waals surface area contributed by atoms with E-state index in [0.29, 0.717) is 10.7 Å². The highest BCUT2D eigenvalue weighted by atomic mass is 35.5. The fourth-order valence-electron chi connectivity index (χ4n) is 4.03. The van der Waals surface area contributed by atoms with Crippen LogP contribution >= 0.6 is 24.0 Å². The molecular formula is C25H23ClF3N3O6S. The van der Waals surface area contributed by atoms with Crippen LogP contribution in [-0.2, 0) is 8.92 Å². The maximum absolute atomic E-state index is 13.4. The van der Waals surface area contributed by atoms with Crippen LogP contribution in [0.25, 0.3) is 5.69 Å². The number of alkyl halides is 2. The summed E-state index contributed by atoms with van der Waals surface area (Å²) in [5.74, 6) is -4.06. The number of rotatable bonds is 11. The van der Waals surface area contributed by atoms with Crippen molar-refractivity contribution in [2.45, 2.75) is 31.3 Å². The molecule has 0 bridgehead atoms. The fraction of sp³-hybridized carbons (Fsp3) is 0.320. The van der Waals surface area contributed by atoms with Crippen LogP contribution in [0.4, 0.5) is 18.4 Å². The van der Waals surface area contributed by atoms with Gasteiger partial charge in [-0.1, -0.05) is 11.6 Å². The maximum atomic E-state index is 13.4. The molecule has 0 unspecified atom stereocenters. The summed E-state index contributed by atoms with van der Waals surface area (Å²) in [6, 6.07) is 11.0. The van der Waals surface area contributed by atoms with Crippen LogP contribution in [0, 0.1) is 0 Å². The quantitative estimate of drug-likeness (QED) is 0.214. The topological polar surface area (TPSA) is 101 Å². The molecule has 2 aromatic carbocycles. The first kappa shape index (κ1) is 28.6. The Bertz CT molecular complexity index is 1350. The van der Waals surface area contributed by atoms with Crippen molar-refractivity contribution in [1.29, 1.82) is 0 Å². The van der Waals surface area contributed by atoms with Gasteiger partial charge in [-0.25, -0.2) is 18.3 Å². The standard InChI is InChI=1S/C25H23ClF3N3O6S/c1-3-36-23(34)18-11-32(17-7-4-15(26)5-8-17)31-21(18)22(33)30-16-6-9-19(20(10-16)35-2)37-14-24(38-39-29)12-25(27,28)13-24/h4-11H,3,12-14H2,1-2H3,(H,30,33). The van der Waals surface area contributed by atoms with Crippen LogP contribution in [0.3, 0.4) is 0 Å². The molecule has 0 aliphatic heterocycles. The summed E-state index contributed by atoms with van der Waals surface area (Å²) in [6.45, 7) is 1.39. The largest absolute Gasteiger partial charge is 0.493 e. The minimum absolute atomic E-state index is 0.0513. The van der Waals surface area contributed by atoms with Crippen molar-refractivity contribution in [3.8, 4) is 17.2 Å². The van der Waals surface area contributed by atoms with Crippen molar-refractivity contribution in [3.63, 3.8) is 0 Å². The fourth-order valence-corrected chi connectivity index (χ4v) is 4.46. The zero-order valence-electron chi connectivity index (χ0n) is 20.7. The number of esters is 1. The Morgan fingerprint density at radius 2 is 1.87 bits per heavy atom. The number of methoxy groups -OCH3 is 1. The van der Waals surface area contributed by atoms with Gasteiger partial charge in [0, 0.05) is 35.8 Å². The maximum Gasteiger partial charge on any atom is 0.342 e. The number of nitrogens with one attached hydrogen (secondary N) is 1. The van der Waals surface area contributed by atoms with E-state index in [1.807, 2.05) is 0 Å². The number of amides is 1. The van der Waals surface area contributed by atoms with Crippen molar-refractivity contribution in [2.75, 3.05) is 25.6 Å². The summed E-state index contributed by atoms with van der Waals surface area (Å²) >= 11 is 5.45. The second-order valence-corrected chi connectivity index (χ2v) is 9.41. The summed E-state index contributed by atoms with van der Waals surface area (Å²) in [4.78, 5) is 25.7. The number of hydrogen-bond acceptors (Lipinski definition) is 8. The third-order valence-corrected chi connectivity index (χ3v) is 6.47. The molecule has 0 spiro atoms. The lowest BCUT2D eigenvalue weighted by atomic mass is 9.77. The SMILES string of the molecule is CCOC(=O)c1cn(-c2ccc(Cl)cc2)nc1C(=O)Nc1ccc(OCC2(OSF)CC(F)(F)C2)c(OC)c1. The Balaban J connectivity index is 1.53. The summed E-state index contributed by atoms with van der Waals surface area (Å²) in [7, 11) is 1.35. The molecule has 0 radical (unpaired) electrons. The number of ether oxygens (including phenoxy) is 3. The second kappa shape index (κ2) is 11.8. The van der Waals surface area contributed by atoms with Crippen molar-refractivity contribution in [3.05, 3.63) is 64.9 Å². The lowest BCUT2D eigenvalue weighted by molar-refractivity contribution is -0.198. The zero-order chi connectivity index (χ0) is 28.2. The van der Waals surface area contributed by atoms with Crippen LogP contribution in [0.5, 0.6) is 11.5 Å². The van der Waals surface area contributed by atoms with Gasteiger partial charge in [0.05, 0.1) is 19.4 Å². The molecule has 1 heterocycles. The monoisotopic (exact) mass is 585 g/mol. The van der Waals surface area contributed by atoms with Crippen molar-refractivity contribution < 1.29 is 40.6 Å². The van der Waals surface area contributed by atoms with Crippen molar-refractivity contribution in [2.24, 2.45) is 0 Å². The van der Waals surface area contributed by atoms with E-state index in [4.69, 9.17) is 30.0 Å². The number of carbonyl (C=O) groups excluding carboxylic acids is 2. The van der Waals surface area contributed by atoms with Crippen LogP contribution in [-0.4, -0.2) is 53.5 Å². The van der Waals surface area contributed by atoms with Gasteiger partial charge in [-0.05, 0) is 43.3 Å². The summed E-state index contributed by atoms with van der Waals surface area (Å²) < 4.78 is 61.6. The molecule has 9 nitrogen and oxygen atoms in total. The number of carbonyl (C=O) groups is 2. The highest BCUT2D eigenvalue weighted by Gasteiger charge is 2.59. The van der Waals surface area contributed by atoms with E-state index >= 15 is 0 Å². The van der Waals surface area contributed by atoms with Crippen LogP contribution in [0.2, 0.25) is 5.02 Å². The van der Waals surface area contributed by atoms with E-state index in [1.54, 1.807) is 31.2 Å². The van der Waals surface area contributed by atoms with E-state index in [2.05, 4.69) is 10.4 Å². The van der Waals surface area contributed by atoms with E-state index in [9.17, 15) is 22.3 Å². The molecule has 0 atom stereocenters. The smallest absolute Gasteiger partial charge is 0.342 e. The van der Waals surface area contributed by atoms with E-state index < -0.39 is 48.7 Å². The van der Waals surface area contributed by atoms with Crippen LogP contribution in [0.15, 0.2) is 48.7 Å². The summed E-state index contributed by atoms with van der Waals surface area (Å²) in [6.07, 6.45) is 0.0168. The van der Waals surface area contributed by atoms with E-state index in [1.165, 1.54) is 36.2 Å². The average Bonchev–Trinajstić information content (AvgIpc) is 3.33. The molecule has 3 aromatic rings. The highest BCUT2D eigenvalue weighted by Crippen LogP contribution is 2.50. The molecule has 4 rings (SSSR count). The molecule has 1 aromatic heterocycles. The van der Waals surface area contributed by atoms with Crippen LogP contribution < -0.4 is 14.8 Å². The lowest BCUT2D eigenvalue weighted by Gasteiger charge is -2.44. The molecule has 1 fully saturated rings. The second-order valence-electron chi connectivity index (χ2n) is 8.68. The Morgan fingerprint density at radius 3 is 2.49 bits per heavy atom. The van der Waals surface area contributed by atoms with Gasteiger partial charge in [-0.3, -0.25) is 8.98 Å². The number of halogens is 4. The predicted molar refractivity (Wildman–Crippen MR) is 138 cm³/mol. The number of nitrogens with zero attached hydrogens (tertiary/aromatic N) is 2. The van der Waals surface area contributed by atoms with Gasteiger partial charge in [0.1, 0.15) is 17.8 Å². The molecule has 208 valence electrons. The third kappa shape index (κ3) is 6.60. The number of hydrogen-bond donors (Lipinski definition) is 1. The normalized spacial score (nSPS) is 15.2. The Labute approximate surface area is 231 Å². The molecule has 0 saturated heterocycles. The first-order valence-electron chi connectivity index (χ1n) is 11.6. The molecule has 14 heteroatoms. The average molecular weight is 586 g/mol.